The first-order valence-electron chi connectivity index (χ1n) is 4.55. The van der Waals surface area contributed by atoms with Crippen molar-refractivity contribution in [3.8, 4) is 0 Å². The highest BCUT2D eigenvalue weighted by Gasteiger charge is 2.04. The minimum atomic E-state index is -0.380. The number of hydrogen-bond acceptors (Lipinski definition) is 2. The summed E-state index contributed by atoms with van der Waals surface area (Å²) in [6.45, 7) is 2.05. The number of nitrogens with one attached hydrogen (secondary N) is 2. The van der Waals surface area contributed by atoms with E-state index in [2.05, 4.69) is 10.6 Å². The Morgan fingerprint density at radius 1 is 1.53 bits per heavy atom. The molecule has 5 heteroatoms. The van der Waals surface area contributed by atoms with Crippen molar-refractivity contribution < 1.29 is 9.90 Å². The zero-order chi connectivity index (χ0) is 11.3. The number of anilines is 1. The lowest BCUT2D eigenvalue weighted by Gasteiger charge is -2.08. The average Bonchev–Trinajstić information content (AvgIpc) is 2.19. The van der Waals surface area contributed by atoms with Gasteiger partial charge < -0.3 is 15.7 Å². The summed E-state index contributed by atoms with van der Waals surface area (Å²) >= 11 is 5.92. The molecule has 3 N–H and O–H groups in total. The maximum atomic E-state index is 11.2. The van der Waals surface area contributed by atoms with Gasteiger partial charge in [-0.2, -0.15) is 0 Å². The summed E-state index contributed by atoms with van der Waals surface area (Å²) in [4.78, 5) is 11.2. The van der Waals surface area contributed by atoms with Crippen molar-refractivity contribution in [2.75, 3.05) is 18.5 Å². The van der Waals surface area contributed by atoms with Gasteiger partial charge in [0.1, 0.15) is 0 Å². The van der Waals surface area contributed by atoms with Crippen LogP contribution in [-0.4, -0.2) is 24.3 Å². The van der Waals surface area contributed by atoms with E-state index >= 15 is 0 Å². The van der Waals surface area contributed by atoms with Crippen molar-refractivity contribution in [3.05, 3.63) is 28.8 Å². The summed E-state index contributed by atoms with van der Waals surface area (Å²) in [5.41, 5.74) is 1.58. The number of aryl methyl sites for hydroxylation is 1. The largest absolute Gasteiger partial charge is 0.395 e. The van der Waals surface area contributed by atoms with Crippen molar-refractivity contribution in [1.82, 2.24) is 5.32 Å². The minimum absolute atomic E-state index is 0.0882. The standard InChI is InChI=1S/C10H13ClN2O2/c1-7-2-3-9(8(11)6-7)13-10(15)12-4-5-14/h2-3,6,14H,4-5H2,1H3,(H2,12,13,15). The smallest absolute Gasteiger partial charge is 0.319 e. The topological polar surface area (TPSA) is 61.4 Å². The number of benzene rings is 1. The Hall–Kier alpha value is -1.26. The summed E-state index contributed by atoms with van der Waals surface area (Å²) in [6, 6.07) is 4.97. The molecule has 1 aromatic carbocycles. The third-order valence-corrected chi connectivity index (χ3v) is 2.08. The maximum absolute atomic E-state index is 11.2. The third-order valence-electron chi connectivity index (χ3n) is 1.77. The number of carbonyl (C=O) groups excluding carboxylic acids is 1. The van der Waals surface area contributed by atoms with E-state index in [9.17, 15) is 4.79 Å². The Balaban J connectivity index is 2.60. The number of carbonyl (C=O) groups is 1. The van der Waals surface area contributed by atoms with Gasteiger partial charge in [0.05, 0.1) is 17.3 Å². The van der Waals surface area contributed by atoms with Crippen LogP contribution in [0.3, 0.4) is 0 Å². The van der Waals surface area contributed by atoms with Crippen LogP contribution in [-0.2, 0) is 0 Å². The van der Waals surface area contributed by atoms with Gasteiger partial charge in [0.25, 0.3) is 0 Å². The molecular formula is C10H13ClN2O2. The first kappa shape index (κ1) is 11.8. The highest BCUT2D eigenvalue weighted by molar-refractivity contribution is 6.33. The fraction of sp³-hybridized carbons (Fsp3) is 0.300. The molecule has 0 saturated carbocycles. The average molecular weight is 229 g/mol. The summed E-state index contributed by atoms with van der Waals surface area (Å²) in [6.07, 6.45) is 0. The molecule has 0 aliphatic carbocycles. The summed E-state index contributed by atoms with van der Waals surface area (Å²) in [5, 5.41) is 14.0. The molecule has 0 bridgehead atoms. The second-order valence-corrected chi connectivity index (χ2v) is 3.50. The maximum Gasteiger partial charge on any atom is 0.319 e. The van der Waals surface area contributed by atoms with Crippen LogP contribution < -0.4 is 10.6 Å². The van der Waals surface area contributed by atoms with Crippen LogP contribution in [0.15, 0.2) is 18.2 Å². The SMILES string of the molecule is Cc1ccc(NC(=O)NCCO)c(Cl)c1. The molecule has 2 amide bonds. The first-order chi connectivity index (χ1) is 7.13. The summed E-state index contributed by atoms with van der Waals surface area (Å²) < 4.78 is 0. The van der Waals surface area contributed by atoms with Crippen LogP contribution in [0.5, 0.6) is 0 Å². The Bertz CT molecular complexity index is 355. The molecule has 82 valence electrons. The van der Waals surface area contributed by atoms with Crippen molar-refractivity contribution in [1.29, 1.82) is 0 Å². The molecule has 1 aromatic rings. The number of aliphatic hydroxyl groups is 1. The Labute approximate surface area is 93.2 Å². The van der Waals surface area contributed by atoms with Gasteiger partial charge in [-0.1, -0.05) is 17.7 Å². The van der Waals surface area contributed by atoms with E-state index < -0.39 is 0 Å². The zero-order valence-electron chi connectivity index (χ0n) is 8.38. The fourth-order valence-corrected chi connectivity index (χ4v) is 1.34. The molecule has 0 aliphatic rings. The van der Waals surface area contributed by atoms with Gasteiger partial charge in [0.15, 0.2) is 0 Å². The predicted molar refractivity (Wildman–Crippen MR) is 60.3 cm³/mol. The molecule has 0 saturated heterocycles. The normalized spacial score (nSPS) is 9.80. The molecule has 15 heavy (non-hydrogen) atoms. The molecule has 0 aliphatic heterocycles. The number of hydrogen-bond donors (Lipinski definition) is 3. The van der Waals surface area contributed by atoms with E-state index in [1.807, 2.05) is 13.0 Å². The van der Waals surface area contributed by atoms with Gasteiger partial charge >= 0.3 is 6.03 Å². The first-order valence-corrected chi connectivity index (χ1v) is 4.93. The highest BCUT2D eigenvalue weighted by atomic mass is 35.5. The minimum Gasteiger partial charge on any atom is -0.395 e. The highest BCUT2D eigenvalue weighted by Crippen LogP contribution is 2.22. The summed E-state index contributed by atoms with van der Waals surface area (Å²) in [5.74, 6) is 0. The molecule has 0 unspecified atom stereocenters. The molecule has 0 radical (unpaired) electrons. The quantitative estimate of drug-likeness (QED) is 0.738. The molecule has 1 rings (SSSR count). The van der Waals surface area contributed by atoms with E-state index in [1.54, 1.807) is 12.1 Å². The molecular weight excluding hydrogens is 216 g/mol. The lowest BCUT2D eigenvalue weighted by molar-refractivity contribution is 0.245. The molecule has 4 nitrogen and oxygen atoms in total. The number of amides is 2. The van der Waals surface area contributed by atoms with Crippen LogP contribution in [0, 0.1) is 6.92 Å². The molecule has 0 fully saturated rings. The molecule has 0 heterocycles. The Morgan fingerprint density at radius 3 is 2.87 bits per heavy atom. The van der Waals surface area contributed by atoms with Gasteiger partial charge in [0.2, 0.25) is 0 Å². The van der Waals surface area contributed by atoms with Crippen LogP contribution in [0.1, 0.15) is 5.56 Å². The lowest BCUT2D eigenvalue weighted by atomic mass is 10.2. The monoisotopic (exact) mass is 228 g/mol. The van der Waals surface area contributed by atoms with Gasteiger partial charge in [-0.15, -0.1) is 0 Å². The summed E-state index contributed by atoms with van der Waals surface area (Å²) in [7, 11) is 0. The lowest BCUT2D eigenvalue weighted by Crippen LogP contribution is -2.31. The van der Waals surface area contributed by atoms with Gasteiger partial charge in [-0.25, -0.2) is 4.79 Å². The van der Waals surface area contributed by atoms with E-state index in [4.69, 9.17) is 16.7 Å². The van der Waals surface area contributed by atoms with Gasteiger partial charge in [0, 0.05) is 6.54 Å². The fourth-order valence-electron chi connectivity index (χ4n) is 1.06. The van der Waals surface area contributed by atoms with E-state index in [-0.39, 0.29) is 19.2 Å². The van der Waals surface area contributed by atoms with Crippen molar-refractivity contribution >= 4 is 23.3 Å². The predicted octanol–water partition coefficient (Wildman–Crippen LogP) is 1.76. The number of aliphatic hydroxyl groups excluding tert-OH is 1. The van der Waals surface area contributed by atoms with Crippen LogP contribution in [0.25, 0.3) is 0 Å². The Kier molecular flexibility index (Phi) is 4.39. The van der Waals surface area contributed by atoms with Crippen molar-refractivity contribution in [3.63, 3.8) is 0 Å². The van der Waals surface area contributed by atoms with Crippen molar-refractivity contribution in [2.24, 2.45) is 0 Å². The molecule has 0 atom stereocenters. The second kappa shape index (κ2) is 5.58. The second-order valence-electron chi connectivity index (χ2n) is 3.09. The molecule has 0 spiro atoms. The van der Waals surface area contributed by atoms with E-state index in [0.717, 1.165) is 5.56 Å². The van der Waals surface area contributed by atoms with Gasteiger partial charge in [-0.05, 0) is 24.6 Å². The molecule has 0 aromatic heterocycles. The number of urea groups is 1. The van der Waals surface area contributed by atoms with Crippen molar-refractivity contribution in [2.45, 2.75) is 6.92 Å². The third kappa shape index (κ3) is 3.77. The van der Waals surface area contributed by atoms with E-state index in [0.29, 0.717) is 10.7 Å². The van der Waals surface area contributed by atoms with Crippen LogP contribution in [0.4, 0.5) is 10.5 Å². The van der Waals surface area contributed by atoms with Crippen LogP contribution in [0.2, 0.25) is 5.02 Å². The zero-order valence-corrected chi connectivity index (χ0v) is 9.14. The van der Waals surface area contributed by atoms with E-state index in [1.165, 1.54) is 0 Å². The number of rotatable bonds is 3. The number of halogens is 1. The van der Waals surface area contributed by atoms with Gasteiger partial charge in [-0.3, -0.25) is 0 Å². The van der Waals surface area contributed by atoms with Crippen LogP contribution >= 0.6 is 11.6 Å². The Morgan fingerprint density at radius 2 is 2.27 bits per heavy atom.